The molecule has 1 heterocycles. The summed E-state index contributed by atoms with van der Waals surface area (Å²) in [5.74, 6) is 4.08. The first kappa shape index (κ1) is 39.7. The topological polar surface area (TPSA) is 16.4 Å². The normalized spacial score (nSPS) is 24.7. The quantitative estimate of drug-likeness (QED) is 0.158. The Kier molecular flexibility index (Phi) is 8.32. The summed E-state index contributed by atoms with van der Waals surface area (Å²) < 4.78 is 6.52. The van der Waals surface area contributed by atoms with Gasteiger partial charge in [-0.1, -0.05) is 171 Å². The lowest BCUT2D eigenvalue weighted by Gasteiger charge is -2.76. The lowest BCUT2D eigenvalue weighted by atomic mass is 9.27. The molecule has 9 aromatic carbocycles. The molecule has 6 unspecified atom stereocenters. The number of hydrogen-bond acceptors (Lipinski definition) is 2. The summed E-state index contributed by atoms with van der Waals surface area (Å²) in [4.78, 5) is 2.54. The third-order valence-electron chi connectivity index (χ3n) is 19.3. The summed E-state index contributed by atoms with van der Waals surface area (Å²) in [6.45, 7) is 0. The number of anilines is 3. The first-order valence-electron chi connectivity index (χ1n) is 26.4. The third-order valence-corrected chi connectivity index (χ3v) is 19.3. The van der Waals surface area contributed by atoms with Gasteiger partial charge in [-0.25, -0.2) is 0 Å². The second-order valence-electron chi connectivity index (χ2n) is 22.1. The van der Waals surface area contributed by atoms with Crippen molar-refractivity contribution in [1.82, 2.24) is 0 Å². The van der Waals surface area contributed by atoms with Crippen molar-refractivity contribution in [3.8, 4) is 44.5 Å². The van der Waals surface area contributed by atoms with Gasteiger partial charge in [-0.2, -0.15) is 0 Å². The maximum Gasteiger partial charge on any atom is 0.136 e. The zero-order valence-corrected chi connectivity index (χ0v) is 39.6. The Morgan fingerprint density at radius 1 is 0.457 bits per heavy atom. The molecule has 10 aromatic rings. The highest BCUT2D eigenvalue weighted by Gasteiger charge is 2.84. The van der Waals surface area contributed by atoms with E-state index in [-0.39, 0.29) is 5.41 Å². The molecule has 0 aliphatic heterocycles. The molecule has 0 saturated heterocycles. The summed E-state index contributed by atoms with van der Waals surface area (Å²) in [7, 11) is 0. The average Bonchev–Trinajstić information content (AvgIpc) is 4.16. The Bertz CT molecular complexity index is 3770. The maximum atomic E-state index is 6.52. The number of hydrogen-bond donors (Lipinski definition) is 0. The van der Waals surface area contributed by atoms with E-state index in [1.807, 2.05) is 0 Å². The zero-order valence-electron chi connectivity index (χ0n) is 39.6. The van der Waals surface area contributed by atoms with Crippen molar-refractivity contribution in [2.24, 2.45) is 29.1 Å². The Labute approximate surface area is 410 Å². The molecule has 2 bridgehead atoms. The van der Waals surface area contributed by atoms with Crippen molar-refractivity contribution in [2.75, 3.05) is 4.90 Å². The lowest BCUT2D eigenvalue weighted by molar-refractivity contribution is -0.231. The molecule has 2 spiro atoms. The lowest BCUT2D eigenvalue weighted by Crippen LogP contribution is -2.73. The van der Waals surface area contributed by atoms with Crippen molar-refractivity contribution >= 4 is 49.8 Å². The van der Waals surface area contributed by atoms with Crippen LogP contribution in [0.25, 0.3) is 77.2 Å². The molecule has 2 nitrogen and oxygen atoms in total. The van der Waals surface area contributed by atoms with Crippen LogP contribution in [-0.4, -0.2) is 0 Å². The van der Waals surface area contributed by atoms with E-state index >= 15 is 0 Å². The molecule has 6 atom stereocenters. The molecule has 70 heavy (non-hydrogen) atoms. The number of furan rings is 1. The number of rotatable bonds is 7. The van der Waals surface area contributed by atoms with Gasteiger partial charge < -0.3 is 9.32 Å². The fraction of sp³-hybridized carbons (Fsp3) is 0.235. The van der Waals surface area contributed by atoms with E-state index in [4.69, 9.17) is 4.42 Å². The van der Waals surface area contributed by atoms with Gasteiger partial charge in [0.05, 0.1) is 11.4 Å². The van der Waals surface area contributed by atoms with Crippen molar-refractivity contribution in [1.29, 1.82) is 0 Å². The highest BCUT2D eigenvalue weighted by atomic mass is 16.3. The minimum Gasteiger partial charge on any atom is -0.456 e. The van der Waals surface area contributed by atoms with Crippen LogP contribution in [0.3, 0.4) is 0 Å². The van der Waals surface area contributed by atoms with Gasteiger partial charge in [0, 0.05) is 33.0 Å². The highest BCUT2D eigenvalue weighted by Crippen LogP contribution is 2.89. The molecule has 5 saturated carbocycles. The SMILES string of the molecule is c1ccc(N(c2ccc(-c3ccc4c(c3)C3(c5ccccc5-4)C4CC5CC6CC3C64C5)cc2)c2ccccc2-c2cccc3oc4ccccc4c23)c(-c2cccc3cccc(C4CCCCC4)c23)c1. The Balaban J connectivity index is 0.873. The second-order valence-corrected chi connectivity index (χ2v) is 22.1. The van der Waals surface area contributed by atoms with Crippen LogP contribution in [0.5, 0.6) is 0 Å². The number of para-hydroxylation sites is 3. The van der Waals surface area contributed by atoms with Crippen LogP contribution < -0.4 is 4.90 Å². The largest absolute Gasteiger partial charge is 0.456 e. The van der Waals surface area contributed by atoms with Crippen LogP contribution in [0, 0.1) is 29.1 Å². The first-order chi connectivity index (χ1) is 34.7. The fourth-order valence-corrected chi connectivity index (χ4v) is 16.9. The van der Waals surface area contributed by atoms with E-state index in [1.165, 1.54) is 124 Å². The van der Waals surface area contributed by atoms with Crippen LogP contribution in [-0.2, 0) is 5.41 Å². The number of nitrogens with zero attached hydrogens (tertiary/aromatic N) is 1. The van der Waals surface area contributed by atoms with Gasteiger partial charge in [-0.15, -0.1) is 0 Å². The minimum absolute atomic E-state index is 0.180. The summed E-state index contributed by atoms with van der Waals surface area (Å²) >= 11 is 0. The van der Waals surface area contributed by atoms with E-state index in [2.05, 4.69) is 199 Å². The van der Waals surface area contributed by atoms with E-state index in [9.17, 15) is 0 Å². The van der Waals surface area contributed by atoms with Crippen LogP contribution >= 0.6 is 0 Å². The summed E-state index contributed by atoms with van der Waals surface area (Å²) in [5.41, 5.74) is 21.3. The predicted octanol–water partition coefficient (Wildman–Crippen LogP) is 18.6. The van der Waals surface area contributed by atoms with Crippen molar-refractivity contribution in [3.05, 3.63) is 211 Å². The standard InChI is InChI=1S/C68H55NO/c1-2-15-44(16-3-1)49-23-12-17-45-18-13-24-54(65(45)49)52-20-5-9-27-59(52)69(60-28-10-6-21-53(60)55-25-14-30-62-66(55)56-22-7-11-29-61(56)70-62)48-34-31-43(32-35-48)46-33-36-51-50-19-4-8-26-57(50)68(58(51)39-46)63-38-42-37-47-40-64(68)67(47,63)41-42/h4-14,17-36,39,42,44,47,63-64H,1-3,15-16,37-38,40-41H2. The molecular weight excluding hydrogens is 847 g/mol. The predicted molar refractivity (Wildman–Crippen MR) is 289 cm³/mol. The van der Waals surface area contributed by atoms with Crippen molar-refractivity contribution < 1.29 is 4.42 Å². The molecular formula is C68H55NO. The molecule has 0 amide bonds. The smallest absolute Gasteiger partial charge is 0.136 e. The van der Waals surface area contributed by atoms with Crippen LogP contribution in [0.1, 0.15) is 80.4 Å². The van der Waals surface area contributed by atoms with E-state index < -0.39 is 0 Å². The molecule has 6 aliphatic carbocycles. The molecule has 6 aliphatic rings. The van der Waals surface area contributed by atoms with Crippen molar-refractivity contribution in [3.63, 3.8) is 0 Å². The summed E-state index contributed by atoms with van der Waals surface area (Å²) in [6, 6.07) is 73.8. The highest BCUT2D eigenvalue weighted by molar-refractivity contribution is 6.14. The van der Waals surface area contributed by atoms with Gasteiger partial charge in [-0.05, 0) is 177 Å². The molecule has 2 heteroatoms. The fourth-order valence-electron chi connectivity index (χ4n) is 16.9. The molecule has 338 valence electrons. The number of benzene rings is 9. The van der Waals surface area contributed by atoms with Gasteiger partial charge in [0.15, 0.2) is 0 Å². The van der Waals surface area contributed by atoms with Gasteiger partial charge in [-0.3, -0.25) is 0 Å². The minimum atomic E-state index is 0.180. The van der Waals surface area contributed by atoms with Crippen LogP contribution in [0.2, 0.25) is 0 Å². The molecule has 0 N–H and O–H groups in total. The number of fused-ring (bicyclic) bond motifs is 12. The van der Waals surface area contributed by atoms with Gasteiger partial charge in [0.1, 0.15) is 11.2 Å². The van der Waals surface area contributed by atoms with Crippen LogP contribution in [0.4, 0.5) is 17.1 Å². The third kappa shape index (κ3) is 5.19. The molecule has 5 fully saturated rings. The van der Waals surface area contributed by atoms with Gasteiger partial charge in [0.2, 0.25) is 0 Å². The monoisotopic (exact) mass is 901 g/mol. The maximum absolute atomic E-state index is 6.52. The Morgan fingerprint density at radius 2 is 1.09 bits per heavy atom. The van der Waals surface area contributed by atoms with E-state index in [1.54, 1.807) is 11.1 Å². The Hall–Kier alpha value is -7.16. The Morgan fingerprint density at radius 3 is 1.89 bits per heavy atom. The molecule has 0 radical (unpaired) electrons. The average molecular weight is 902 g/mol. The van der Waals surface area contributed by atoms with E-state index in [0.717, 1.165) is 57.0 Å². The van der Waals surface area contributed by atoms with Crippen molar-refractivity contribution in [2.45, 2.75) is 69.1 Å². The molecule has 16 rings (SSSR count). The van der Waals surface area contributed by atoms with Gasteiger partial charge in [0.25, 0.3) is 0 Å². The van der Waals surface area contributed by atoms with E-state index in [0.29, 0.717) is 11.3 Å². The van der Waals surface area contributed by atoms with Crippen LogP contribution in [0.15, 0.2) is 199 Å². The first-order valence-corrected chi connectivity index (χ1v) is 26.4. The summed E-state index contributed by atoms with van der Waals surface area (Å²) in [5, 5.41) is 5.01. The summed E-state index contributed by atoms with van der Waals surface area (Å²) in [6.07, 6.45) is 12.3. The van der Waals surface area contributed by atoms with Gasteiger partial charge >= 0.3 is 0 Å². The zero-order chi connectivity index (χ0) is 45.7. The molecule has 1 aromatic heterocycles. The second kappa shape index (κ2) is 14.7.